The van der Waals surface area contributed by atoms with Crippen molar-refractivity contribution >= 4 is 5.69 Å². The summed E-state index contributed by atoms with van der Waals surface area (Å²) < 4.78 is 13.0. The SMILES string of the molecule is CC1(O)CCN(c2ccc(F)cc2C#N)CC1. The minimum atomic E-state index is -0.622. The maximum absolute atomic E-state index is 13.0. The Balaban J connectivity index is 2.22. The van der Waals surface area contributed by atoms with Crippen LogP contribution in [0.5, 0.6) is 0 Å². The molecule has 0 atom stereocenters. The molecule has 90 valence electrons. The number of benzene rings is 1. The van der Waals surface area contributed by atoms with Crippen molar-refractivity contribution in [1.29, 1.82) is 5.26 Å². The number of nitrogens with zero attached hydrogens (tertiary/aromatic N) is 2. The molecular formula is C13H15FN2O. The summed E-state index contributed by atoms with van der Waals surface area (Å²) in [6.07, 6.45) is 1.32. The van der Waals surface area contributed by atoms with Gasteiger partial charge in [0.1, 0.15) is 11.9 Å². The van der Waals surface area contributed by atoms with Crippen LogP contribution >= 0.6 is 0 Å². The fourth-order valence-electron chi connectivity index (χ4n) is 2.10. The average Bonchev–Trinajstić information content (AvgIpc) is 2.29. The molecule has 0 spiro atoms. The average molecular weight is 234 g/mol. The molecule has 1 saturated heterocycles. The van der Waals surface area contributed by atoms with Crippen LogP contribution in [0.1, 0.15) is 25.3 Å². The lowest BCUT2D eigenvalue weighted by atomic mass is 9.93. The second-order valence-corrected chi connectivity index (χ2v) is 4.76. The first-order valence-corrected chi connectivity index (χ1v) is 5.69. The Hall–Kier alpha value is -1.60. The Morgan fingerprint density at radius 1 is 1.41 bits per heavy atom. The predicted octanol–water partition coefficient (Wildman–Crippen LogP) is 2.05. The van der Waals surface area contributed by atoms with Crippen molar-refractivity contribution in [3.05, 3.63) is 29.6 Å². The zero-order valence-corrected chi connectivity index (χ0v) is 9.78. The molecule has 0 saturated carbocycles. The first-order chi connectivity index (χ1) is 8.02. The van der Waals surface area contributed by atoms with Crippen molar-refractivity contribution in [2.24, 2.45) is 0 Å². The molecular weight excluding hydrogens is 219 g/mol. The van der Waals surface area contributed by atoms with Crippen LogP contribution in [-0.4, -0.2) is 23.8 Å². The van der Waals surface area contributed by atoms with Crippen molar-refractivity contribution in [1.82, 2.24) is 0 Å². The Bertz CT molecular complexity index is 455. The van der Waals surface area contributed by atoms with Crippen molar-refractivity contribution in [3.8, 4) is 6.07 Å². The molecule has 3 nitrogen and oxygen atoms in total. The molecule has 1 N–H and O–H groups in total. The zero-order chi connectivity index (χ0) is 12.5. The van der Waals surface area contributed by atoms with Crippen LogP contribution in [0.4, 0.5) is 10.1 Å². The number of anilines is 1. The lowest BCUT2D eigenvalue weighted by Crippen LogP contribution is -2.42. The van der Waals surface area contributed by atoms with Gasteiger partial charge in [-0.3, -0.25) is 0 Å². The number of hydrogen-bond acceptors (Lipinski definition) is 3. The van der Waals surface area contributed by atoms with Gasteiger partial charge in [0.15, 0.2) is 0 Å². The molecule has 1 heterocycles. The minimum Gasteiger partial charge on any atom is -0.390 e. The van der Waals surface area contributed by atoms with Crippen LogP contribution < -0.4 is 4.90 Å². The fraction of sp³-hybridized carbons (Fsp3) is 0.462. The Labute approximate surface area is 100 Å². The number of nitriles is 1. The maximum Gasteiger partial charge on any atom is 0.124 e. The molecule has 0 amide bonds. The van der Waals surface area contributed by atoms with Gasteiger partial charge in [-0.05, 0) is 38.0 Å². The third-order valence-corrected chi connectivity index (χ3v) is 3.26. The molecule has 0 unspecified atom stereocenters. The van der Waals surface area contributed by atoms with Gasteiger partial charge in [0.2, 0.25) is 0 Å². The highest BCUT2D eigenvalue weighted by Gasteiger charge is 2.28. The summed E-state index contributed by atoms with van der Waals surface area (Å²) in [7, 11) is 0. The first-order valence-electron chi connectivity index (χ1n) is 5.69. The molecule has 0 aromatic heterocycles. The van der Waals surface area contributed by atoms with E-state index in [1.54, 1.807) is 6.07 Å². The number of halogens is 1. The molecule has 4 heteroatoms. The van der Waals surface area contributed by atoms with Gasteiger partial charge in [0, 0.05) is 13.1 Å². The number of rotatable bonds is 1. The Morgan fingerprint density at radius 2 is 2.06 bits per heavy atom. The summed E-state index contributed by atoms with van der Waals surface area (Å²) in [5, 5.41) is 18.8. The highest BCUT2D eigenvalue weighted by Crippen LogP contribution is 2.28. The Morgan fingerprint density at radius 3 is 2.65 bits per heavy atom. The second-order valence-electron chi connectivity index (χ2n) is 4.76. The van der Waals surface area contributed by atoms with E-state index in [0.29, 0.717) is 31.5 Å². The number of aliphatic hydroxyl groups is 1. The number of piperidine rings is 1. The van der Waals surface area contributed by atoms with E-state index in [0.717, 1.165) is 5.69 Å². The molecule has 1 aliphatic rings. The van der Waals surface area contributed by atoms with Gasteiger partial charge in [-0.25, -0.2) is 4.39 Å². The predicted molar refractivity (Wildman–Crippen MR) is 63.2 cm³/mol. The van der Waals surface area contributed by atoms with Crippen molar-refractivity contribution in [2.75, 3.05) is 18.0 Å². The minimum absolute atomic E-state index is 0.353. The van der Waals surface area contributed by atoms with Crippen molar-refractivity contribution in [2.45, 2.75) is 25.4 Å². The smallest absolute Gasteiger partial charge is 0.124 e. The largest absolute Gasteiger partial charge is 0.390 e. The van der Waals surface area contributed by atoms with E-state index in [4.69, 9.17) is 5.26 Å². The monoisotopic (exact) mass is 234 g/mol. The van der Waals surface area contributed by atoms with Gasteiger partial charge >= 0.3 is 0 Å². The van der Waals surface area contributed by atoms with Crippen LogP contribution in [0, 0.1) is 17.1 Å². The second kappa shape index (κ2) is 4.34. The van der Waals surface area contributed by atoms with Crippen LogP contribution in [0.2, 0.25) is 0 Å². The van der Waals surface area contributed by atoms with E-state index >= 15 is 0 Å². The molecule has 1 fully saturated rings. The fourth-order valence-corrected chi connectivity index (χ4v) is 2.10. The maximum atomic E-state index is 13.0. The van der Waals surface area contributed by atoms with E-state index in [-0.39, 0.29) is 0 Å². The molecule has 1 aliphatic heterocycles. The van der Waals surface area contributed by atoms with E-state index < -0.39 is 11.4 Å². The van der Waals surface area contributed by atoms with E-state index in [2.05, 4.69) is 0 Å². The summed E-state index contributed by atoms with van der Waals surface area (Å²) in [5.74, 6) is -0.394. The normalized spacial score (nSPS) is 18.8. The molecule has 0 radical (unpaired) electrons. The third kappa shape index (κ3) is 2.56. The topological polar surface area (TPSA) is 47.3 Å². The van der Waals surface area contributed by atoms with E-state index in [1.807, 2.05) is 17.9 Å². The first kappa shape index (κ1) is 11.9. The standard InChI is InChI=1S/C13H15FN2O/c1-13(17)4-6-16(7-5-13)12-3-2-11(14)8-10(12)9-15/h2-3,8,17H,4-7H2,1H3. The van der Waals surface area contributed by atoms with Crippen molar-refractivity contribution in [3.63, 3.8) is 0 Å². The number of hydrogen-bond donors (Lipinski definition) is 1. The van der Waals surface area contributed by atoms with Crippen LogP contribution in [0.3, 0.4) is 0 Å². The molecule has 1 aromatic carbocycles. The summed E-state index contributed by atoms with van der Waals surface area (Å²) >= 11 is 0. The molecule has 0 aliphatic carbocycles. The van der Waals surface area contributed by atoms with Crippen molar-refractivity contribution < 1.29 is 9.50 Å². The van der Waals surface area contributed by atoms with Crippen LogP contribution in [0.25, 0.3) is 0 Å². The molecule has 0 bridgehead atoms. The van der Waals surface area contributed by atoms with E-state index in [1.165, 1.54) is 12.1 Å². The quantitative estimate of drug-likeness (QED) is 0.809. The summed E-state index contributed by atoms with van der Waals surface area (Å²) in [6.45, 7) is 3.20. The lowest BCUT2D eigenvalue weighted by molar-refractivity contribution is 0.0351. The van der Waals surface area contributed by atoms with Gasteiger partial charge in [-0.15, -0.1) is 0 Å². The van der Waals surface area contributed by atoms with E-state index in [9.17, 15) is 9.50 Å². The van der Waals surface area contributed by atoms with Gasteiger partial charge in [-0.2, -0.15) is 5.26 Å². The van der Waals surface area contributed by atoms with Gasteiger partial charge in [0.05, 0.1) is 16.9 Å². The van der Waals surface area contributed by atoms with Gasteiger partial charge in [0.25, 0.3) is 0 Å². The Kier molecular flexibility index (Phi) is 3.03. The summed E-state index contributed by atoms with van der Waals surface area (Å²) in [6, 6.07) is 6.26. The summed E-state index contributed by atoms with van der Waals surface area (Å²) in [5.41, 5.74) is 0.486. The lowest BCUT2D eigenvalue weighted by Gasteiger charge is -2.37. The van der Waals surface area contributed by atoms with Crippen LogP contribution in [0.15, 0.2) is 18.2 Å². The molecule has 1 aromatic rings. The summed E-state index contributed by atoms with van der Waals surface area (Å²) in [4.78, 5) is 2.02. The van der Waals surface area contributed by atoms with Gasteiger partial charge in [-0.1, -0.05) is 0 Å². The third-order valence-electron chi connectivity index (χ3n) is 3.26. The molecule has 2 rings (SSSR count). The highest BCUT2D eigenvalue weighted by atomic mass is 19.1. The van der Waals surface area contributed by atoms with Crippen LogP contribution in [-0.2, 0) is 0 Å². The highest BCUT2D eigenvalue weighted by molar-refractivity contribution is 5.59. The van der Waals surface area contributed by atoms with Gasteiger partial charge < -0.3 is 10.0 Å². The zero-order valence-electron chi connectivity index (χ0n) is 9.78. The molecule has 17 heavy (non-hydrogen) atoms.